The third-order valence-electron chi connectivity index (χ3n) is 8.54. The van der Waals surface area contributed by atoms with Gasteiger partial charge in [-0.25, -0.2) is 9.59 Å². The second kappa shape index (κ2) is 15.5. The summed E-state index contributed by atoms with van der Waals surface area (Å²) in [6.45, 7) is 4.77. The predicted molar refractivity (Wildman–Crippen MR) is 198 cm³/mol. The number of carbonyl (C=O) groups is 3. The van der Waals surface area contributed by atoms with Crippen LogP contribution >= 0.6 is 0 Å². The molecule has 0 amide bonds. The number of oxime groups is 1. The summed E-state index contributed by atoms with van der Waals surface area (Å²) in [4.78, 5) is 58.8. The number of H-pyrrole nitrogens is 1. The summed E-state index contributed by atoms with van der Waals surface area (Å²) in [5, 5.41) is 18.8. The molecular weight excluding hydrogens is 692 g/mol. The number of benzene rings is 4. The molecule has 1 unspecified atom stereocenters. The second-order valence-electron chi connectivity index (χ2n) is 13.5. The first-order valence-electron chi connectivity index (χ1n) is 17.1. The summed E-state index contributed by atoms with van der Waals surface area (Å²) in [6, 6.07) is 36.8. The Balaban J connectivity index is 1.35. The first-order valence-corrected chi connectivity index (χ1v) is 17.1. The maximum absolute atomic E-state index is 13.7. The first kappa shape index (κ1) is 37.0. The third kappa shape index (κ3) is 8.15. The Kier molecular flexibility index (Phi) is 10.6. The van der Waals surface area contributed by atoms with E-state index < -0.39 is 39.8 Å². The molecule has 0 saturated carbocycles. The Morgan fingerprint density at radius 1 is 0.889 bits per heavy atom. The lowest BCUT2D eigenvalue weighted by Gasteiger charge is -2.37. The number of aromatic amines is 1. The number of esters is 3. The lowest BCUT2D eigenvalue weighted by molar-refractivity contribution is -0.384. The monoisotopic (exact) mass is 730 g/mol. The minimum Gasteiger partial charge on any atom is -0.455 e. The van der Waals surface area contributed by atoms with Gasteiger partial charge in [0.05, 0.1) is 11.3 Å². The fourth-order valence-electron chi connectivity index (χ4n) is 6.01. The standard InChI is InChI=1S/C41H38N4O9/c1-39(2,3)53-37(47)36(44-54-40(24-23-35(46)52-40)38(48)51-27-28-19-21-33(22-20-28)45(49)50)29-25-34(42-26-29)43-41(30-13-7-4-8-14-30,31-15-9-5-10-16-31)32-17-11-6-12-18-32/h4-22,25-26,42-43H,23-24,27H2,1-3H3. The summed E-state index contributed by atoms with van der Waals surface area (Å²) in [5.74, 6) is -4.47. The summed E-state index contributed by atoms with van der Waals surface area (Å²) < 4.78 is 16.4. The molecule has 1 saturated heterocycles. The van der Waals surface area contributed by atoms with Crippen molar-refractivity contribution < 1.29 is 38.4 Å². The van der Waals surface area contributed by atoms with Crippen LogP contribution in [-0.4, -0.2) is 44.9 Å². The number of nitro benzene ring substituents is 1. The van der Waals surface area contributed by atoms with Gasteiger partial charge in [0.25, 0.3) is 5.69 Å². The van der Waals surface area contributed by atoms with E-state index in [4.69, 9.17) is 19.0 Å². The van der Waals surface area contributed by atoms with Gasteiger partial charge in [0.15, 0.2) is 5.71 Å². The van der Waals surface area contributed by atoms with E-state index >= 15 is 0 Å². The number of aromatic nitrogens is 1. The van der Waals surface area contributed by atoms with E-state index in [1.54, 1.807) is 33.0 Å². The van der Waals surface area contributed by atoms with E-state index in [9.17, 15) is 24.5 Å². The van der Waals surface area contributed by atoms with Gasteiger partial charge in [0, 0.05) is 30.3 Å². The van der Waals surface area contributed by atoms with Gasteiger partial charge in [-0.3, -0.25) is 14.9 Å². The minimum atomic E-state index is -2.30. The number of nitro groups is 1. The average Bonchev–Trinajstić information content (AvgIpc) is 3.80. The highest BCUT2D eigenvalue weighted by Gasteiger charge is 2.53. The molecule has 5 aromatic rings. The summed E-state index contributed by atoms with van der Waals surface area (Å²) in [6.07, 6.45) is 1.12. The quantitative estimate of drug-likeness (QED) is 0.0316. The van der Waals surface area contributed by atoms with E-state index in [1.165, 1.54) is 24.3 Å². The molecule has 1 atom stereocenters. The minimum absolute atomic E-state index is 0.132. The number of nitrogens with zero attached hydrogens (tertiary/aromatic N) is 2. The maximum atomic E-state index is 13.7. The molecule has 1 fully saturated rings. The van der Waals surface area contributed by atoms with Crippen LogP contribution in [0, 0.1) is 10.1 Å². The summed E-state index contributed by atoms with van der Waals surface area (Å²) >= 11 is 0. The van der Waals surface area contributed by atoms with Gasteiger partial charge >= 0.3 is 23.7 Å². The molecule has 0 bridgehead atoms. The SMILES string of the molecule is CC(C)(C)OC(=O)C(=NOC1(C(=O)OCc2ccc([N+](=O)[O-])cc2)CCC(=O)O1)c1c[nH]c(NC(c2ccccc2)(c2ccccc2)c2ccccc2)c1. The molecule has 4 aromatic carbocycles. The highest BCUT2D eigenvalue weighted by Crippen LogP contribution is 2.40. The molecule has 6 rings (SSSR count). The van der Waals surface area contributed by atoms with E-state index in [1.807, 2.05) is 91.0 Å². The van der Waals surface area contributed by atoms with Crippen molar-refractivity contribution in [2.24, 2.45) is 5.16 Å². The maximum Gasteiger partial charge on any atom is 0.395 e. The number of rotatable bonds is 13. The number of nitrogens with one attached hydrogen (secondary N) is 2. The molecule has 276 valence electrons. The van der Waals surface area contributed by atoms with Crippen LogP contribution in [0.15, 0.2) is 133 Å². The normalized spacial score (nSPS) is 15.9. The Hall–Kier alpha value is -6.76. The van der Waals surface area contributed by atoms with Crippen molar-refractivity contribution >= 4 is 35.1 Å². The number of carbonyl (C=O) groups excluding carboxylic acids is 3. The van der Waals surface area contributed by atoms with Gasteiger partial charge < -0.3 is 29.3 Å². The summed E-state index contributed by atoms with van der Waals surface area (Å²) in [7, 11) is 0. The van der Waals surface area contributed by atoms with Crippen LogP contribution in [0.4, 0.5) is 11.5 Å². The predicted octanol–water partition coefficient (Wildman–Crippen LogP) is 7.17. The van der Waals surface area contributed by atoms with Crippen molar-refractivity contribution in [3.63, 3.8) is 0 Å². The van der Waals surface area contributed by atoms with Crippen LogP contribution in [0.2, 0.25) is 0 Å². The number of cyclic esters (lactones) is 1. The highest BCUT2D eigenvalue weighted by atomic mass is 16.8. The molecule has 13 nitrogen and oxygen atoms in total. The van der Waals surface area contributed by atoms with E-state index in [0.717, 1.165) is 16.7 Å². The molecule has 0 spiro atoms. The van der Waals surface area contributed by atoms with Crippen molar-refractivity contribution in [1.29, 1.82) is 0 Å². The molecule has 1 aliphatic rings. The molecule has 0 aliphatic carbocycles. The Labute approximate surface area is 311 Å². The molecule has 13 heteroatoms. The lowest BCUT2D eigenvalue weighted by Crippen LogP contribution is -2.42. The van der Waals surface area contributed by atoms with Crippen LogP contribution < -0.4 is 5.32 Å². The van der Waals surface area contributed by atoms with Gasteiger partial charge in [-0.15, -0.1) is 0 Å². The van der Waals surface area contributed by atoms with Crippen LogP contribution in [-0.2, 0) is 45.6 Å². The zero-order chi connectivity index (χ0) is 38.3. The number of ether oxygens (including phenoxy) is 3. The van der Waals surface area contributed by atoms with Crippen molar-refractivity contribution in [2.45, 2.75) is 57.1 Å². The van der Waals surface area contributed by atoms with Crippen molar-refractivity contribution in [1.82, 2.24) is 4.98 Å². The van der Waals surface area contributed by atoms with Crippen molar-refractivity contribution in [3.8, 4) is 0 Å². The molecule has 2 N–H and O–H groups in total. The number of anilines is 1. The van der Waals surface area contributed by atoms with E-state index in [-0.39, 0.29) is 36.4 Å². The molecule has 1 aromatic heterocycles. The number of non-ortho nitro benzene ring substituents is 1. The Bertz CT molecular complexity index is 2050. The summed E-state index contributed by atoms with van der Waals surface area (Å²) in [5.41, 5.74) is 1.24. The number of hydrogen-bond acceptors (Lipinski definition) is 11. The Morgan fingerprint density at radius 2 is 1.44 bits per heavy atom. The average molecular weight is 731 g/mol. The number of hydrogen-bond donors (Lipinski definition) is 2. The zero-order valence-electron chi connectivity index (χ0n) is 29.8. The van der Waals surface area contributed by atoms with E-state index in [2.05, 4.69) is 15.5 Å². The molecule has 1 aliphatic heterocycles. The molecule has 0 radical (unpaired) electrons. The topological polar surface area (TPSA) is 171 Å². The highest BCUT2D eigenvalue weighted by molar-refractivity contribution is 6.43. The third-order valence-corrected chi connectivity index (χ3v) is 8.54. The molecule has 54 heavy (non-hydrogen) atoms. The fraction of sp³-hybridized carbons (Fsp3) is 0.220. The largest absolute Gasteiger partial charge is 0.455 e. The molecular formula is C41H38N4O9. The van der Waals surface area contributed by atoms with Gasteiger partial charge in [0.1, 0.15) is 23.6 Å². The fourth-order valence-corrected chi connectivity index (χ4v) is 6.01. The van der Waals surface area contributed by atoms with Gasteiger partial charge in [0.2, 0.25) is 0 Å². The first-order chi connectivity index (χ1) is 25.9. The van der Waals surface area contributed by atoms with Crippen molar-refractivity contribution in [3.05, 3.63) is 165 Å². The van der Waals surface area contributed by atoms with Gasteiger partial charge in [-0.05, 0) is 61.2 Å². The lowest BCUT2D eigenvalue weighted by atomic mass is 9.77. The van der Waals surface area contributed by atoms with Crippen LogP contribution in [0.1, 0.15) is 61.4 Å². The smallest absolute Gasteiger partial charge is 0.395 e. The van der Waals surface area contributed by atoms with E-state index in [0.29, 0.717) is 11.4 Å². The van der Waals surface area contributed by atoms with Gasteiger partial charge in [-0.2, -0.15) is 0 Å². The zero-order valence-corrected chi connectivity index (χ0v) is 29.8. The van der Waals surface area contributed by atoms with Crippen LogP contribution in [0.3, 0.4) is 0 Å². The van der Waals surface area contributed by atoms with Crippen molar-refractivity contribution in [2.75, 3.05) is 5.32 Å². The van der Waals surface area contributed by atoms with Crippen LogP contribution in [0.25, 0.3) is 0 Å². The van der Waals surface area contributed by atoms with Crippen LogP contribution in [0.5, 0.6) is 0 Å². The Morgan fingerprint density at radius 3 is 1.93 bits per heavy atom. The van der Waals surface area contributed by atoms with Gasteiger partial charge in [-0.1, -0.05) is 96.2 Å². The second-order valence-corrected chi connectivity index (χ2v) is 13.5. The molecule has 2 heterocycles.